The van der Waals surface area contributed by atoms with Gasteiger partial charge in [0.2, 0.25) is 0 Å². The van der Waals surface area contributed by atoms with Crippen LogP contribution in [-0.4, -0.2) is 96.7 Å². The molecule has 17 nitrogen and oxygen atoms in total. The van der Waals surface area contributed by atoms with Crippen LogP contribution in [0.1, 0.15) is 349 Å². The van der Waals surface area contributed by atoms with E-state index in [0.29, 0.717) is 25.7 Å². The van der Waals surface area contributed by atoms with Gasteiger partial charge in [0, 0.05) is 25.7 Å². The van der Waals surface area contributed by atoms with Gasteiger partial charge in [0.25, 0.3) is 0 Å². The average Bonchev–Trinajstić information content (AvgIpc) is 1.14. The number of hydrogen-bond donors (Lipinski definition) is 3. The van der Waals surface area contributed by atoms with E-state index in [9.17, 15) is 43.2 Å². The Kier molecular flexibility index (Phi) is 67.8. The molecule has 0 aliphatic carbocycles. The number of phosphoric ester groups is 2. The Bertz CT molecular complexity index is 2060. The van der Waals surface area contributed by atoms with Gasteiger partial charge >= 0.3 is 39.5 Å². The highest BCUT2D eigenvalue weighted by Crippen LogP contribution is 2.45. The number of phosphoric acid groups is 2. The van der Waals surface area contributed by atoms with E-state index in [1.54, 1.807) is 0 Å². The van der Waals surface area contributed by atoms with Gasteiger partial charge in [-0.25, -0.2) is 9.13 Å². The fourth-order valence-corrected chi connectivity index (χ4v) is 12.1. The number of aliphatic hydroxyl groups excluding tert-OH is 1. The highest BCUT2D eigenvalue weighted by molar-refractivity contribution is 7.47. The Hall–Kier alpha value is -3.24. The molecular weight excluding hydrogens is 1260 g/mol. The van der Waals surface area contributed by atoms with Gasteiger partial charge < -0.3 is 33.8 Å². The number of esters is 4. The van der Waals surface area contributed by atoms with Crippen molar-refractivity contribution < 1.29 is 80.2 Å². The predicted octanol–water partition coefficient (Wildman–Crippen LogP) is 21.9. The van der Waals surface area contributed by atoms with Gasteiger partial charge in [0.15, 0.2) is 12.2 Å². The molecular formula is C77H140O17P2. The number of rotatable bonds is 73. The maximum absolute atomic E-state index is 13.1. The van der Waals surface area contributed by atoms with E-state index in [0.717, 1.165) is 148 Å². The molecule has 0 amide bonds. The van der Waals surface area contributed by atoms with Crippen molar-refractivity contribution in [3.63, 3.8) is 0 Å². The summed E-state index contributed by atoms with van der Waals surface area (Å²) in [5, 5.41) is 10.6. The maximum Gasteiger partial charge on any atom is 0.472 e. The van der Waals surface area contributed by atoms with E-state index in [-0.39, 0.29) is 25.7 Å². The third-order valence-electron chi connectivity index (χ3n) is 16.5. The van der Waals surface area contributed by atoms with E-state index in [1.807, 2.05) is 0 Å². The van der Waals surface area contributed by atoms with Gasteiger partial charge in [-0.05, 0) is 109 Å². The van der Waals surface area contributed by atoms with E-state index in [1.165, 1.54) is 122 Å². The fraction of sp³-hybridized carbons (Fsp3) is 0.818. The number of aliphatic hydroxyl groups is 1. The first-order valence-corrected chi connectivity index (χ1v) is 41.5. The monoisotopic (exact) mass is 1400 g/mol. The van der Waals surface area contributed by atoms with Crippen molar-refractivity contribution in [3.05, 3.63) is 60.8 Å². The van der Waals surface area contributed by atoms with E-state index in [4.69, 9.17) is 37.0 Å². The Labute approximate surface area is 584 Å². The zero-order valence-electron chi connectivity index (χ0n) is 61.1. The summed E-state index contributed by atoms with van der Waals surface area (Å²) in [6, 6.07) is 0. The molecule has 2 unspecified atom stereocenters. The van der Waals surface area contributed by atoms with Crippen LogP contribution in [0.15, 0.2) is 60.8 Å². The summed E-state index contributed by atoms with van der Waals surface area (Å²) < 4.78 is 68.4. The molecule has 0 radical (unpaired) electrons. The summed E-state index contributed by atoms with van der Waals surface area (Å²) in [6.07, 6.45) is 67.7. The lowest BCUT2D eigenvalue weighted by Gasteiger charge is -2.21. The number of carbonyl (C=O) groups excluding carboxylic acids is 4. The fourth-order valence-electron chi connectivity index (χ4n) is 10.5. The molecule has 0 saturated heterocycles. The number of allylic oxidation sites excluding steroid dienone is 10. The molecule has 96 heavy (non-hydrogen) atoms. The highest BCUT2D eigenvalue weighted by atomic mass is 31.2. The zero-order valence-corrected chi connectivity index (χ0v) is 62.8. The van der Waals surface area contributed by atoms with Crippen LogP contribution in [0.4, 0.5) is 0 Å². The number of carbonyl (C=O) groups is 4. The largest absolute Gasteiger partial charge is 0.472 e. The highest BCUT2D eigenvalue weighted by Gasteiger charge is 2.30. The second kappa shape index (κ2) is 70.2. The molecule has 0 aliphatic rings. The van der Waals surface area contributed by atoms with Gasteiger partial charge in [-0.15, -0.1) is 0 Å². The second-order valence-corrected chi connectivity index (χ2v) is 28.9. The van der Waals surface area contributed by atoms with Crippen molar-refractivity contribution >= 4 is 39.5 Å². The van der Waals surface area contributed by atoms with Gasteiger partial charge in [-0.3, -0.25) is 37.3 Å². The molecule has 0 rings (SSSR count). The van der Waals surface area contributed by atoms with Crippen LogP contribution in [0.5, 0.6) is 0 Å². The first-order chi connectivity index (χ1) is 46.7. The minimum atomic E-state index is -4.97. The summed E-state index contributed by atoms with van der Waals surface area (Å²) >= 11 is 0. The summed E-state index contributed by atoms with van der Waals surface area (Å²) in [7, 11) is -9.94. The predicted molar refractivity (Wildman–Crippen MR) is 390 cm³/mol. The summed E-state index contributed by atoms with van der Waals surface area (Å²) in [5.41, 5.74) is 0. The molecule has 0 aliphatic heterocycles. The van der Waals surface area contributed by atoms with Crippen molar-refractivity contribution in [2.75, 3.05) is 39.6 Å². The molecule has 0 fully saturated rings. The van der Waals surface area contributed by atoms with E-state index >= 15 is 0 Å². The van der Waals surface area contributed by atoms with Crippen molar-refractivity contribution in [1.29, 1.82) is 0 Å². The third kappa shape index (κ3) is 69.2. The van der Waals surface area contributed by atoms with Crippen LogP contribution in [0.2, 0.25) is 0 Å². The smallest absolute Gasteiger partial charge is 0.462 e. The van der Waals surface area contributed by atoms with E-state index < -0.39 is 97.5 Å². The van der Waals surface area contributed by atoms with Gasteiger partial charge in [-0.1, -0.05) is 275 Å². The lowest BCUT2D eigenvalue weighted by atomic mass is 10.0. The third-order valence-corrected chi connectivity index (χ3v) is 18.4. The normalized spacial score (nSPS) is 14.3. The molecule has 0 spiro atoms. The quantitative estimate of drug-likeness (QED) is 0.0128. The molecule has 0 aromatic rings. The van der Waals surface area contributed by atoms with Crippen LogP contribution in [0.25, 0.3) is 0 Å². The SMILES string of the molecule is CCCCC/C=C\C/C=C\CCCCCCCC(=O)OC[C@H](COP(=O)(O)OC[C@@H](O)COP(=O)(O)OC[C@@H](COC(=O)CCCCCCC/C=C\C=C/CCCCCC)OC(=O)CCCCCCC/C=C\CCCCCC)OC(=O)CCCCCCCCCCCCCCC. The summed E-state index contributed by atoms with van der Waals surface area (Å²) in [5.74, 6) is -2.19. The lowest BCUT2D eigenvalue weighted by Crippen LogP contribution is -2.30. The number of unbranched alkanes of at least 4 members (excludes halogenated alkanes) is 38. The van der Waals surface area contributed by atoms with Gasteiger partial charge in [-0.2, -0.15) is 0 Å². The first-order valence-electron chi connectivity index (χ1n) is 38.5. The van der Waals surface area contributed by atoms with Gasteiger partial charge in [0.05, 0.1) is 26.4 Å². The Balaban J connectivity index is 5.33. The average molecular weight is 1400 g/mol. The number of ether oxygens (including phenoxy) is 4. The molecule has 0 saturated carbocycles. The molecule has 560 valence electrons. The Morgan fingerprint density at radius 1 is 0.302 bits per heavy atom. The van der Waals surface area contributed by atoms with Crippen molar-refractivity contribution in [2.24, 2.45) is 0 Å². The van der Waals surface area contributed by atoms with Crippen LogP contribution in [0.3, 0.4) is 0 Å². The molecule has 5 atom stereocenters. The maximum atomic E-state index is 13.1. The second-order valence-electron chi connectivity index (χ2n) is 26.0. The molecule has 3 N–H and O–H groups in total. The molecule has 0 aromatic carbocycles. The first kappa shape index (κ1) is 92.8. The Morgan fingerprint density at radius 2 is 0.542 bits per heavy atom. The minimum Gasteiger partial charge on any atom is -0.462 e. The van der Waals surface area contributed by atoms with Crippen LogP contribution in [-0.2, 0) is 65.4 Å². The van der Waals surface area contributed by atoms with Crippen molar-refractivity contribution in [3.8, 4) is 0 Å². The molecule has 0 bridgehead atoms. The molecule has 19 heteroatoms. The summed E-state index contributed by atoms with van der Waals surface area (Å²) in [4.78, 5) is 72.8. The van der Waals surface area contributed by atoms with Crippen LogP contribution in [0, 0.1) is 0 Å². The van der Waals surface area contributed by atoms with Crippen LogP contribution < -0.4 is 0 Å². The van der Waals surface area contributed by atoms with Crippen molar-refractivity contribution in [2.45, 2.75) is 367 Å². The summed E-state index contributed by atoms with van der Waals surface area (Å²) in [6.45, 7) is 4.82. The number of hydrogen-bond acceptors (Lipinski definition) is 15. The zero-order chi connectivity index (χ0) is 70.4. The molecule has 0 aromatic heterocycles. The minimum absolute atomic E-state index is 0.0849. The van der Waals surface area contributed by atoms with E-state index in [2.05, 4.69) is 88.5 Å². The van der Waals surface area contributed by atoms with Crippen LogP contribution >= 0.6 is 15.6 Å². The lowest BCUT2D eigenvalue weighted by molar-refractivity contribution is -0.161. The standard InChI is InChI=1S/C77H140O17P2/c1-5-9-13-17-21-25-29-33-35-39-41-45-49-53-57-61-74(79)87-67-72(93-76(81)63-59-55-51-47-43-37-31-27-23-19-15-11-7-3)69-91-95(83,84)89-65-71(78)66-90-96(85,86)92-70-73(94-77(82)64-60-56-52-48-44-38-32-28-24-20-16-12-8-4)68-88-75(80)62-58-54-50-46-42-40-36-34-30-26-22-18-14-10-6-2/h21,25-26,28,30,32-36,71-73,78H,5-20,22-24,27,29,31,37-70H2,1-4H3,(H,83,84)(H,85,86)/b25-21-,30-26-,32-28-,35-33-,36-34-/t71-,72-,73-/m1/s1. The van der Waals surface area contributed by atoms with Crippen molar-refractivity contribution in [1.82, 2.24) is 0 Å². The van der Waals surface area contributed by atoms with Gasteiger partial charge in [0.1, 0.15) is 19.3 Å². The topological polar surface area (TPSA) is 237 Å². The Morgan fingerprint density at radius 3 is 0.875 bits per heavy atom. The molecule has 0 heterocycles.